The molecule has 0 aliphatic carbocycles. The topological polar surface area (TPSA) is 47.3 Å². The lowest BCUT2D eigenvalue weighted by molar-refractivity contribution is 0.413. The lowest BCUT2D eigenvalue weighted by Crippen LogP contribution is -2.27. The Morgan fingerprint density at radius 3 is 2.93 bits per heavy atom. The number of ether oxygens (including phenoxy) is 1. The Morgan fingerprint density at radius 2 is 2.27 bits per heavy atom. The van der Waals surface area contributed by atoms with Gasteiger partial charge in [-0.05, 0) is 37.6 Å². The van der Waals surface area contributed by atoms with Crippen molar-refractivity contribution in [1.82, 2.24) is 5.32 Å². The normalized spacial score (nSPS) is 12.5. The number of nitrogens with one attached hydrogen (secondary N) is 1. The molecule has 3 nitrogen and oxygen atoms in total. The lowest BCUT2D eigenvalue weighted by atomic mass is 10.2. The monoisotopic (exact) mass is 208 g/mol. The van der Waals surface area contributed by atoms with Crippen LogP contribution in [0, 0.1) is 0 Å². The molecule has 0 fully saturated rings. The van der Waals surface area contributed by atoms with Crippen LogP contribution in [-0.2, 0) is 6.54 Å². The van der Waals surface area contributed by atoms with Gasteiger partial charge in [0.25, 0.3) is 0 Å². The van der Waals surface area contributed by atoms with E-state index in [9.17, 15) is 0 Å². The van der Waals surface area contributed by atoms with Gasteiger partial charge in [0, 0.05) is 12.6 Å². The second kappa shape index (κ2) is 6.43. The summed E-state index contributed by atoms with van der Waals surface area (Å²) in [6.45, 7) is 3.73. The molecular formula is C12H20N2O. The van der Waals surface area contributed by atoms with Gasteiger partial charge < -0.3 is 15.8 Å². The lowest BCUT2D eigenvalue weighted by Gasteiger charge is -2.12. The van der Waals surface area contributed by atoms with Crippen LogP contribution in [0.2, 0.25) is 0 Å². The summed E-state index contributed by atoms with van der Waals surface area (Å²) in [6.07, 6.45) is 1.00. The van der Waals surface area contributed by atoms with Crippen LogP contribution < -0.4 is 15.8 Å². The molecule has 0 spiro atoms. The van der Waals surface area contributed by atoms with Crippen LogP contribution in [0.15, 0.2) is 24.3 Å². The van der Waals surface area contributed by atoms with Crippen LogP contribution in [0.3, 0.4) is 0 Å². The molecule has 3 N–H and O–H groups in total. The van der Waals surface area contributed by atoms with Gasteiger partial charge in [0.1, 0.15) is 5.75 Å². The van der Waals surface area contributed by atoms with Gasteiger partial charge in [0.05, 0.1) is 7.11 Å². The number of methoxy groups -OCH3 is 1. The molecule has 0 aliphatic heterocycles. The molecule has 0 amide bonds. The first-order chi connectivity index (χ1) is 7.26. The maximum absolute atomic E-state index is 5.48. The minimum atomic E-state index is 0.459. The molecule has 1 unspecified atom stereocenters. The number of rotatable bonds is 6. The molecule has 0 radical (unpaired) electrons. The third-order valence-electron chi connectivity index (χ3n) is 2.39. The Bertz CT molecular complexity index is 289. The van der Waals surface area contributed by atoms with E-state index in [0.29, 0.717) is 6.04 Å². The fraction of sp³-hybridized carbons (Fsp3) is 0.500. The van der Waals surface area contributed by atoms with Gasteiger partial charge in [-0.2, -0.15) is 0 Å². The van der Waals surface area contributed by atoms with Crippen molar-refractivity contribution in [3.05, 3.63) is 29.8 Å². The molecule has 1 atom stereocenters. The molecule has 3 heteroatoms. The van der Waals surface area contributed by atoms with Gasteiger partial charge in [-0.25, -0.2) is 0 Å². The highest BCUT2D eigenvalue weighted by Gasteiger charge is 2.00. The van der Waals surface area contributed by atoms with Gasteiger partial charge in [-0.1, -0.05) is 12.1 Å². The van der Waals surface area contributed by atoms with E-state index in [2.05, 4.69) is 18.3 Å². The van der Waals surface area contributed by atoms with E-state index in [1.807, 2.05) is 18.2 Å². The Labute approximate surface area is 91.6 Å². The predicted molar refractivity (Wildman–Crippen MR) is 63.0 cm³/mol. The second-order valence-corrected chi connectivity index (χ2v) is 3.71. The number of hydrogen-bond acceptors (Lipinski definition) is 3. The minimum Gasteiger partial charge on any atom is -0.497 e. The van der Waals surface area contributed by atoms with Gasteiger partial charge in [0.15, 0.2) is 0 Å². The molecule has 0 heterocycles. The van der Waals surface area contributed by atoms with Gasteiger partial charge in [0.2, 0.25) is 0 Å². The molecule has 0 aliphatic rings. The van der Waals surface area contributed by atoms with Crippen LogP contribution in [-0.4, -0.2) is 19.7 Å². The van der Waals surface area contributed by atoms with Crippen molar-refractivity contribution >= 4 is 0 Å². The summed E-state index contributed by atoms with van der Waals surface area (Å²) >= 11 is 0. The third kappa shape index (κ3) is 4.32. The quantitative estimate of drug-likeness (QED) is 0.745. The molecule has 0 saturated carbocycles. The van der Waals surface area contributed by atoms with Crippen molar-refractivity contribution in [1.29, 1.82) is 0 Å². The number of benzene rings is 1. The van der Waals surface area contributed by atoms with E-state index in [4.69, 9.17) is 10.5 Å². The van der Waals surface area contributed by atoms with E-state index in [1.54, 1.807) is 7.11 Å². The SMILES string of the molecule is COc1cccc(CNC(C)CCN)c1. The molecular weight excluding hydrogens is 188 g/mol. The van der Waals surface area contributed by atoms with Crippen LogP contribution in [0.25, 0.3) is 0 Å². The smallest absolute Gasteiger partial charge is 0.119 e. The maximum Gasteiger partial charge on any atom is 0.119 e. The third-order valence-corrected chi connectivity index (χ3v) is 2.39. The van der Waals surface area contributed by atoms with Gasteiger partial charge in [-0.3, -0.25) is 0 Å². The molecule has 1 rings (SSSR count). The van der Waals surface area contributed by atoms with Crippen molar-refractivity contribution in [2.24, 2.45) is 5.73 Å². The zero-order valence-corrected chi connectivity index (χ0v) is 9.49. The Balaban J connectivity index is 2.43. The summed E-state index contributed by atoms with van der Waals surface area (Å²) in [5.74, 6) is 0.903. The average Bonchev–Trinajstić information content (AvgIpc) is 2.27. The van der Waals surface area contributed by atoms with E-state index < -0.39 is 0 Å². The molecule has 1 aromatic rings. The van der Waals surface area contributed by atoms with Crippen molar-refractivity contribution in [2.75, 3.05) is 13.7 Å². The largest absolute Gasteiger partial charge is 0.497 e. The van der Waals surface area contributed by atoms with Crippen molar-refractivity contribution in [3.63, 3.8) is 0 Å². The average molecular weight is 208 g/mol. The Kier molecular flexibility index (Phi) is 5.15. The summed E-state index contributed by atoms with van der Waals surface area (Å²) in [4.78, 5) is 0. The summed E-state index contributed by atoms with van der Waals surface area (Å²) in [7, 11) is 1.68. The van der Waals surface area contributed by atoms with Crippen LogP contribution in [0.5, 0.6) is 5.75 Å². The fourth-order valence-corrected chi connectivity index (χ4v) is 1.43. The van der Waals surface area contributed by atoms with Crippen molar-refractivity contribution in [2.45, 2.75) is 25.9 Å². The van der Waals surface area contributed by atoms with Crippen LogP contribution in [0.4, 0.5) is 0 Å². The fourth-order valence-electron chi connectivity index (χ4n) is 1.43. The summed E-state index contributed by atoms with van der Waals surface area (Å²) < 4.78 is 5.16. The first-order valence-electron chi connectivity index (χ1n) is 5.32. The standard InChI is InChI=1S/C12H20N2O/c1-10(6-7-13)14-9-11-4-3-5-12(8-11)15-2/h3-5,8,10,14H,6-7,9,13H2,1-2H3. The molecule has 0 bridgehead atoms. The predicted octanol–water partition coefficient (Wildman–Crippen LogP) is 1.52. The van der Waals surface area contributed by atoms with Gasteiger partial charge in [-0.15, -0.1) is 0 Å². The number of nitrogens with two attached hydrogens (primary N) is 1. The van der Waals surface area contributed by atoms with Crippen molar-refractivity contribution < 1.29 is 4.74 Å². The van der Waals surface area contributed by atoms with E-state index in [-0.39, 0.29) is 0 Å². The maximum atomic E-state index is 5.48. The summed E-state index contributed by atoms with van der Waals surface area (Å²) in [5, 5.41) is 3.42. The highest BCUT2D eigenvalue weighted by atomic mass is 16.5. The summed E-state index contributed by atoms with van der Waals surface area (Å²) in [6, 6.07) is 8.55. The first kappa shape index (κ1) is 12.0. The number of hydrogen-bond donors (Lipinski definition) is 2. The van der Waals surface area contributed by atoms with E-state index in [0.717, 1.165) is 25.3 Å². The Hall–Kier alpha value is -1.06. The van der Waals surface area contributed by atoms with E-state index in [1.165, 1.54) is 5.56 Å². The molecule has 0 saturated heterocycles. The molecule has 1 aromatic carbocycles. The summed E-state index contributed by atoms with van der Waals surface area (Å²) in [5.41, 5.74) is 6.72. The van der Waals surface area contributed by atoms with Crippen LogP contribution >= 0.6 is 0 Å². The highest BCUT2D eigenvalue weighted by molar-refractivity contribution is 5.28. The molecule has 84 valence electrons. The molecule has 15 heavy (non-hydrogen) atoms. The zero-order valence-electron chi connectivity index (χ0n) is 9.49. The van der Waals surface area contributed by atoms with Gasteiger partial charge >= 0.3 is 0 Å². The minimum absolute atomic E-state index is 0.459. The second-order valence-electron chi connectivity index (χ2n) is 3.71. The Morgan fingerprint density at radius 1 is 1.47 bits per heavy atom. The highest BCUT2D eigenvalue weighted by Crippen LogP contribution is 2.12. The molecule has 0 aromatic heterocycles. The van der Waals surface area contributed by atoms with E-state index >= 15 is 0 Å². The first-order valence-corrected chi connectivity index (χ1v) is 5.32. The zero-order chi connectivity index (χ0) is 11.1. The van der Waals surface area contributed by atoms with Crippen molar-refractivity contribution in [3.8, 4) is 5.75 Å². The van der Waals surface area contributed by atoms with Crippen LogP contribution in [0.1, 0.15) is 18.9 Å².